The molecule has 0 aromatic heterocycles. The van der Waals surface area contributed by atoms with Crippen LogP contribution in [0.2, 0.25) is 0 Å². The number of non-ortho nitro benzene ring substituents is 1. The van der Waals surface area contributed by atoms with Gasteiger partial charge in [-0.25, -0.2) is 0 Å². The first-order valence-electron chi connectivity index (χ1n) is 8.87. The van der Waals surface area contributed by atoms with Gasteiger partial charge in [0.05, 0.1) is 22.4 Å². The van der Waals surface area contributed by atoms with Crippen molar-refractivity contribution < 1.29 is 14.5 Å². The monoisotopic (exact) mass is 506 g/mol. The number of rotatable bonds is 3. The van der Waals surface area contributed by atoms with E-state index in [-0.39, 0.29) is 39.0 Å². The first-order chi connectivity index (χ1) is 13.4. The van der Waals surface area contributed by atoms with E-state index in [0.717, 1.165) is 11.1 Å². The molecule has 2 aromatic rings. The summed E-state index contributed by atoms with van der Waals surface area (Å²) in [5.74, 6) is -0.830. The highest BCUT2D eigenvalue weighted by atomic mass is 79.9. The number of amides is 2. The number of anilines is 1. The van der Waals surface area contributed by atoms with Crippen molar-refractivity contribution in [2.45, 2.75) is 22.5 Å². The molecular weight excluding hydrogens is 492 g/mol. The summed E-state index contributed by atoms with van der Waals surface area (Å²) in [4.78, 5) is 37.7. The van der Waals surface area contributed by atoms with Crippen LogP contribution in [0.1, 0.15) is 12.8 Å². The molecule has 2 aliphatic rings. The lowest BCUT2D eigenvalue weighted by atomic mass is 9.81. The molecule has 4 rings (SSSR count). The lowest BCUT2D eigenvalue weighted by molar-refractivity contribution is -0.384. The molecule has 0 radical (unpaired) electrons. The fourth-order valence-electron chi connectivity index (χ4n) is 3.93. The van der Waals surface area contributed by atoms with Gasteiger partial charge in [0.2, 0.25) is 11.8 Å². The maximum Gasteiger partial charge on any atom is 0.269 e. The second-order valence-electron chi connectivity index (χ2n) is 7.08. The molecule has 2 aromatic carbocycles. The van der Waals surface area contributed by atoms with E-state index in [1.54, 1.807) is 24.3 Å². The molecule has 8 heteroatoms. The van der Waals surface area contributed by atoms with Crippen LogP contribution in [0, 0.1) is 22.0 Å². The molecule has 1 aliphatic heterocycles. The Balaban J connectivity index is 1.58. The van der Waals surface area contributed by atoms with E-state index in [1.807, 2.05) is 12.1 Å². The smallest absolute Gasteiger partial charge is 0.269 e. The third kappa shape index (κ3) is 3.28. The summed E-state index contributed by atoms with van der Waals surface area (Å²) < 4.78 is 0. The molecule has 4 atom stereocenters. The third-order valence-electron chi connectivity index (χ3n) is 5.45. The van der Waals surface area contributed by atoms with Crippen molar-refractivity contribution in [1.82, 2.24) is 0 Å². The minimum Gasteiger partial charge on any atom is -0.274 e. The number of nitro benzene ring substituents is 1. The summed E-state index contributed by atoms with van der Waals surface area (Å²) in [7, 11) is 0. The van der Waals surface area contributed by atoms with Crippen molar-refractivity contribution in [3.05, 3.63) is 58.6 Å². The molecule has 2 fully saturated rings. The largest absolute Gasteiger partial charge is 0.274 e. The van der Waals surface area contributed by atoms with Crippen LogP contribution in [-0.4, -0.2) is 26.4 Å². The maximum atomic E-state index is 12.9. The number of imide groups is 1. The average Bonchev–Trinajstić information content (AvgIpc) is 2.92. The zero-order valence-electron chi connectivity index (χ0n) is 14.6. The number of hydrogen-bond acceptors (Lipinski definition) is 4. The highest BCUT2D eigenvalue weighted by Gasteiger charge is 2.52. The fourth-order valence-corrected chi connectivity index (χ4v) is 5.17. The van der Waals surface area contributed by atoms with Crippen molar-refractivity contribution in [2.24, 2.45) is 11.8 Å². The number of halogens is 2. The number of nitro groups is 1. The van der Waals surface area contributed by atoms with Gasteiger partial charge >= 0.3 is 0 Å². The van der Waals surface area contributed by atoms with Crippen LogP contribution in [-0.2, 0) is 9.59 Å². The molecule has 0 N–H and O–H groups in total. The Morgan fingerprint density at radius 2 is 1.25 bits per heavy atom. The molecule has 6 nitrogen and oxygen atoms in total. The van der Waals surface area contributed by atoms with Gasteiger partial charge in [0.15, 0.2) is 0 Å². The number of nitrogens with zero attached hydrogens (tertiary/aromatic N) is 2. The number of carbonyl (C=O) groups excluding carboxylic acids is 2. The van der Waals surface area contributed by atoms with Crippen molar-refractivity contribution >= 4 is 55.0 Å². The van der Waals surface area contributed by atoms with Crippen molar-refractivity contribution in [3.8, 4) is 11.1 Å². The zero-order chi connectivity index (χ0) is 20.0. The highest BCUT2D eigenvalue weighted by Crippen LogP contribution is 2.44. The summed E-state index contributed by atoms with van der Waals surface area (Å²) in [5, 5.41) is 10.8. The van der Waals surface area contributed by atoms with Gasteiger partial charge < -0.3 is 0 Å². The highest BCUT2D eigenvalue weighted by molar-refractivity contribution is 9.12. The first kappa shape index (κ1) is 19.3. The van der Waals surface area contributed by atoms with E-state index < -0.39 is 4.92 Å². The molecule has 1 saturated carbocycles. The molecule has 1 saturated heterocycles. The van der Waals surface area contributed by atoms with E-state index in [1.165, 1.54) is 17.0 Å². The van der Waals surface area contributed by atoms with Crippen LogP contribution in [0.4, 0.5) is 11.4 Å². The van der Waals surface area contributed by atoms with E-state index in [9.17, 15) is 19.7 Å². The standard InChI is InChI=1S/C20H16Br2N2O4/c21-17-9-15-16(10-18(17)22)20(26)23(19(15)25)13-5-1-11(2-6-13)12-3-7-14(8-4-12)24(27)28/h1-8,15-18H,9-10H2. The van der Waals surface area contributed by atoms with Gasteiger partial charge in [-0.15, -0.1) is 0 Å². The molecule has 4 unspecified atom stereocenters. The Bertz CT molecular complexity index is 918. The number of benzene rings is 2. The Morgan fingerprint density at radius 1 is 0.821 bits per heavy atom. The molecular formula is C20H16Br2N2O4. The topological polar surface area (TPSA) is 80.5 Å². The zero-order valence-corrected chi connectivity index (χ0v) is 17.8. The molecule has 1 aliphatic carbocycles. The second-order valence-corrected chi connectivity index (χ2v) is 9.43. The molecule has 144 valence electrons. The van der Waals surface area contributed by atoms with Gasteiger partial charge in [-0.05, 0) is 48.2 Å². The van der Waals surface area contributed by atoms with Crippen LogP contribution in [0.25, 0.3) is 11.1 Å². The van der Waals surface area contributed by atoms with Gasteiger partial charge in [0.25, 0.3) is 5.69 Å². The molecule has 28 heavy (non-hydrogen) atoms. The lowest BCUT2D eigenvalue weighted by Crippen LogP contribution is -2.34. The number of alkyl halides is 2. The Hall–Kier alpha value is -2.06. The van der Waals surface area contributed by atoms with Gasteiger partial charge in [-0.3, -0.25) is 24.6 Å². The number of carbonyl (C=O) groups is 2. The number of fused-ring (bicyclic) bond motifs is 1. The molecule has 1 heterocycles. The van der Waals surface area contributed by atoms with Gasteiger partial charge in [-0.2, -0.15) is 0 Å². The number of hydrogen-bond donors (Lipinski definition) is 0. The minimum absolute atomic E-state index is 0.0337. The molecule has 0 bridgehead atoms. The van der Waals surface area contributed by atoms with Gasteiger partial charge in [0, 0.05) is 21.8 Å². The predicted octanol–water partition coefficient (Wildman–Crippen LogP) is 4.69. The summed E-state index contributed by atoms with van der Waals surface area (Å²) in [6, 6.07) is 13.4. The normalized spacial score (nSPS) is 27.0. The maximum absolute atomic E-state index is 12.9. The van der Waals surface area contributed by atoms with E-state index in [4.69, 9.17) is 0 Å². The molecule has 0 spiro atoms. The van der Waals surface area contributed by atoms with Crippen LogP contribution in [0.3, 0.4) is 0 Å². The SMILES string of the molecule is O=C1C2CC(Br)C(Br)CC2C(=O)N1c1ccc(-c2ccc([N+](=O)[O-])cc2)cc1. The fraction of sp³-hybridized carbons (Fsp3) is 0.300. The summed E-state index contributed by atoms with van der Waals surface area (Å²) in [5.41, 5.74) is 2.28. The Kier molecular flexibility index (Phi) is 5.09. The van der Waals surface area contributed by atoms with E-state index >= 15 is 0 Å². The summed E-state index contributed by atoms with van der Waals surface area (Å²) >= 11 is 7.18. The predicted molar refractivity (Wildman–Crippen MR) is 113 cm³/mol. The Labute approximate surface area is 178 Å². The summed E-state index contributed by atoms with van der Waals surface area (Å²) in [6.07, 6.45) is 1.28. The van der Waals surface area contributed by atoms with Gasteiger partial charge in [0.1, 0.15) is 0 Å². The van der Waals surface area contributed by atoms with E-state index in [0.29, 0.717) is 18.5 Å². The van der Waals surface area contributed by atoms with Crippen molar-refractivity contribution in [2.75, 3.05) is 4.90 Å². The Morgan fingerprint density at radius 3 is 1.68 bits per heavy atom. The first-order valence-corrected chi connectivity index (χ1v) is 10.7. The second kappa shape index (κ2) is 7.40. The lowest BCUT2D eigenvalue weighted by Gasteiger charge is -2.29. The van der Waals surface area contributed by atoms with Crippen molar-refractivity contribution in [1.29, 1.82) is 0 Å². The van der Waals surface area contributed by atoms with Crippen LogP contribution >= 0.6 is 31.9 Å². The van der Waals surface area contributed by atoms with E-state index in [2.05, 4.69) is 31.9 Å². The molecule has 2 amide bonds. The van der Waals surface area contributed by atoms with Crippen LogP contribution in [0.5, 0.6) is 0 Å². The van der Waals surface area contributed by atoms with Crippen LogP contribution in [0.15, 0.2) is 48.5 Å². The van der Waals surface area contributed by atoms with Gasteiger partial charge in [-0.1, -0.05) is 44.0 Å². The summed E-state index contributed by atoms with van der Waals surface area (Å²) in [6.45, 7) is 0. The quantitative estimate of drug-likeness (QED) is 0.261. The minimum atomic E-state index is -0.439. The van der Waals surface area contributed by atoms with Crippen LogP contribution < -0.4 is 4.90 Å². The van der Waals surface area contributed by atoms with Crippen molar-refractivity contribution in [3.63, 3.8) is 0 Å². The average molecular weight is 508 g/mol. The third-order valence-corrected chi connectivity index (χ3v) is 8.18.